The molecule has 2 aromatic heterocycles. The van der Waals surface area contributed by atoms with Gasteiger partial charge in [-0.15, -0.1) is 0 Å². The molecule has 5 rings (SSSR count). The van der Waals surface area contributed by atoms with Gasteiger partial charge in [0.2, 0.25) is 5.95 Å². The van der Waals surface area contributed by atoms with Gasteiger partial charge in [0.05, 0.1) is 18.3 Å². The van der Waals surface area contributed by atoms with E-state index in [-0.39, 0.29) is 17.5 Å². The Hall–Kier alpha value is -2.67. The van der Waals surface area contributed by atoms with Gasteiger partial charge in [-0.3, -0.25) is 9.20 Å². The van der Waals surface area contributed by atoms with Crippen molar-refractivity contribution in [3.63, 3.8) is 0 Å². The molecule has 1 aliphatic carbocycles. The lowest BCUT2D eigenvalue weighted by molar-refractivity contribution is 0.113. The summed E-state index contributed by atoms with van der Waals surface area (Å²) in [6.07, 6.45) is 13.1. The van der Waals surface area contributed by atoms with Crippen LogP contribution >= 0.6 is 0 Å². The largest absolute Gasteiger partial charge is 0.376 e. The maximum Gasteiger partial charge on any atom is 0.277 e. The summed E-state index contributed by atoms with van der Waals surface area (Å²) in [6, 6.07) is 0.339. The lowest BCUT2D eigenvalue weighted by atomic mass is 10.1. The van der Waals surface area contributed by atoms with E-state index in [1.807, 2.05) is 23.6 Å². The van der Waals surface area contributed by atoms with E-state index in [1.165, 1.54) is 12.2 Å². The van der Waals surface area contributed by atoms with Crippen LogP contribution in [-0.2, 0) is 11.3 Å². The molecule has 2 atom stereocenters. The van der Waals surface area contributed by atoms with Gasteiger partial charge in [0.25, 0.3) is 5.56 Å². The van der Waals surface area contributed by atoms with Crippen LogP contribution in [0.5, 0.6) is 0 Å². The number of imidazole rings is 1. The average Bonchev–Trinajstić information content (AvgIpc) is 3.34. The molecule has 3 aliphatic rings. The van der Waals surface area contributed by atoms with E-state index < -0.39 is 0 Å². The van der Waals surface area contributed by atoms with Crippen molar-refractivity contribution in [2.24, 2.45) is 0 Å². The molecular weight excluding hydrogens is 359 g/mol. The van der Waals surface area contributed by atoms with E-state index in [9.17, 15) is 9.18 Å². The van der Waals surface area contributed by atoms with Gasteiger partial charge >= 0.3 is 0 Å². The van der Waals surface area contributed by atoms with Crippen molar-refractivity contribution in [3.05, 3.63) is 64.1 Å². The zero-order valence-corrected chi connectivity index (χ0v) is 15.8. The van der Waals surface area contributed by atoms with Gasteiger partial charge in [-0.25, -0.2) is 9.37 Å². The maximum absolute atomic E-state index is 13.7. The number of allylic oxidation sites excluding steroid dienone is 6. The topological polar surface area (TPSA) is 51.8 Å². The third kappa shape index (κ3) is 2.81. The van der Waals surface area contributed by atoms with Crippen LogP contribution < -0.4 is 10.5 Å². The van der Waals surface area contributed by atoms with E-state index in [0.717, 1.165) is 43.2 Å². The molecule has 2 aromatic rings. The van der Waals surface area contributed by atoms with Crippen LogP contribution in [0.15, 0.2) is 52.9 Å². The third-order valence-corrected chi connectivity index (χ3v) is 5.94. The first kappa shape index (κ1) is 17.4. The molecular formula is C21H23FN4O2. The Labute approximate surface area is 162 Å². The molecule has 2 saturated heterocycles. The van der Waals surface area contributed by atoms with E-state index in [2.05, 4.69) is 9.88 Å². The smallest absolute Gasteiger partial charge is 0.277 e. The number of rotatable bonds is 3. The van der Waals surface area contributed by atoms with Gasteiger partial charge in [0.15, 0.2) is 0 Å². The molecule has 4 heterocycles. The number of ether oxygens (including phenoxy) is 1. The van der Waals surface area contributed by atoms with Crippen molar-refractivity contribution in [3.8, 4) is 0 Å². The first-order valence-corrected chi connectivity index (χ1v) is 9.79. The fourth-order valence-corrected chi connectivity index (χ4v) is 4.55. The lowest BCUT2D eigenvalue weighted by Crippen LogP contribution is -2.34. The normalized spacial score (nSPS) is 24.4. The van der Waals surface area contributed by atoms with Crippen molar-refractivity contribution in [1.82, 2.24) is 14.0 Å². The number of hydrogen-bond acceptors (Lipinski definition) is 4. The highest BCUT2D eigenvalue weighted by Crippen LogP contribution is 2.32. The predicted molar refractivity (Wildman–Crippen MR) is 105 cm³/mol. The molecule has 28 heavy (non-hydrogen) atoms. The standard InChI is InChI=1S/C21H23FN4O2/c1-14-12-26-18(11-23-21(26)24-8-6-19-17(24)7-9-28-19)20(27)25(14)13-15-4-2-3-5-16(22)10-15/h2-3,5,10-12,17,19H,4,6-9,13H2,1H3. The molecule has 2 unspecified atom stereocenters. The maximum atomic E-state index is 13.7. The molecule has 2 fully saturated rings. The molecule has 6 nitrogen and oxygen atoms in total. The number of nitrogens with zero attached hydrogens (tertiary/aromatic N) is 4. The Morgan fingerprint density at radius 1 is 1.36 bits per heavy atom. The van der Waals surface area contributed by atoms with Crippen LogP contribution in [0.25, 0.3) is 5.52 Å². The molecule has 0 bridgehead atoms. The quantitative estimate of drug-likeness (QED) is 0.819. The van der Waals surface area contributed by atoms with Crippen LogP contribution in [0.4, 0.5) is 10.3 Å². The molecule has 0 radical (unpaired) electrons. The minimum absolute atomic E-state index is 0.101. The summed E-state index contributed by atoms with van der Waals surface area (Å²) in [6.45, 7) is 3.96. The van der Waals surface area contributed by atoms with E-state index in [0.29, 0.717) is 24.5 Å². The van der Waals surface area contributed by atoms with Crippen LogP contribution in [0, 0.1) is 6.92 Å². The number of fused-ring (bicyclic) bond motifs is 2. The van der Waals surface area contributed by atoms with Crippen molar-refractivity contribution in [1.29, 1.82) is 0 Å². The highest BCUT2D eigenvalue weighted by molar-refractivity contribution is 5.53. The first-order chi connectivity index (χ1) is 13.6. The Balaban J connectivity index is 1.53. The Kier molecular flexibility index (Phi) is 4.19. The summed E-state index contributed by atoms with van der Waals surface area (Å²) in [5.41, 5.74) is 2.13. The van der Waals surface area contributed by atoms with Gasteiger partial charge in [0.1, 0.15) is 11.3 Å². The Bertz CT molecular complexity index is 1080. The fraction of sp³-hybridized carbons (Fsp3) is 0.429. The van der Waals surface area contributed by atoms with Gasteiger partial charge in [-0.2, -0.15) is 0 Å². The number of hydrogen-bond donors (Lipinski definition) is 0. The second-order valence-electron chi connectivity index (χ2n) is 7.71. The van der Waals surface area contributed by atoms with E-state index in [1.54, 1.807) is 16.8 Å². The summed E-state index contributed by atoms with van der Waals surface area (Å²) in [4.78, 5) is 20.0. The first-order valence-electron chi connectivity index (χ1n) is 9.79. The minimum atomic E-state index is -0.287. The van der Waals surface area contributed by atoms with Gasteiger partial charge in [0, 0.05) is 31.6 Å². The summed E-state index contributed by atoms with van der Waals surface area (Å²) >= 11 is 0. The van der Waals surface area contributed by atoms with Gasteiger partial charge in [-0.1, -0.05) is 12.2 Å². The second kappa shape index (κ2) is 6.74. The van der Waals surface area contributed by atoms with Crippen LogP contribution in [0.3, 0.4) is 0 Å². The molecule has 146 valence electrons. The van der Waals surface area contributed by atoms with Crippen LogP contribution in [0.1, 0.15) is 25.0 Å². The zero-order chi connectivity index (χ0) is 19.3. The van der Waals surface area contributed by atoms with Crippen molar-refractivity contribution in [2.45, 2.75) is 44.9 Å². The average molecular weight is 382 g/mol. The van der Waals surface area contributed by atoms with E-state index in [4.69, 9.17) is 4.74 Å². The molecule has 2 aliphatic heterocycles. The molecule has 0 aromatic carbocycles. The lowest BCUT2D eigenvalue weighted by Gasteiger charge is -2.23. The number of anilines is 1. The van der Waals surface area contributed by atoms with Gasteiger partial charge in [-0.05, 0) is 43.9 Å². The van der Waals surface area contributed by atoms with Crippen LogP contribution in [-0.4, -0.2) is 39.2 Å². The SMILES string of the molecule is Cc1cn2c(N3CCC4OCCC43)ncc2c(=O)n1CC1=CC(F)=CC=CC1. The van der Waals surface area contributed by atoms with Gasteiger partial charge < -0.3 is 14.2 Å². The van der Waals surface area contributed by atoms with Crippen molar-refractivity contribution >= 4 is 11.5 Å². The molecule has 0 N–H and O–H groups in total. The summed E-state index contributed by atoms with van der Waals surface area (Å²) in [5, 5.41) is 0. The number of halogens is 1. The fourth-order valence-electron chi connectivity index (χ4n) is 4.55. The number of aryl methyl sites for hydroxylation is 1. The van der Waals surface area contributed by atoms with E-state index >= 15 is 0 Å². The summed E-state index contributed by atoms with van der Waals surface area (Å²) in [5.74, 6) is 0.524. The molecule has 7 heteroatoms. The summed E-state index contributed by atoms with van der Waals surface area (Å²) < 4.78 is 23.1. The Morgan fingerprint density at radius 3 is 3.14 bits per heavy atom. The molecule has 0 spiro atoms. The minimum Gasteiger partial charge on any atom is -0.376 e. The predicted octanol–water partition coefficient (Wildman–Crippen LogP) is 2.91. The summed E-state index contributed by atoms with van der Waals surface area (Å²) in [7, 11) is 0. The molecule has 0 saturated carbocycles. The van der Waals surface area contributed by atoms with Crippen LogP contribution in [0.2, 0.25) is 0 Å². The second-order valence-corrected chi connectivity index (χ2v) is 7.71. The zero-order valence-electron chi connectivity index (χ0n) is 15.8. The number of aromatic nitrogens is 3. The third-order valence-electron chi connectivity index (χ3n) is 5.94. The monoisotopic (exact) mass is 382 g/mol. The molecule has 0 amide bonds. The van der Waals surface area contributed by atoms with Crippen molar-refractivity contribution < 1.29 is 9.13 Å². The highest BCUT2D eigenvalue weighted by atomic mass is 19.1. The Morgan fingerprint density at radius 2 is 2.25 bits per heavy atom. The highest BCUT2D eigenvalue weighted by Gasteiger charge is 2.40. The van der Waals surface area contributed by atoms with Crippen molar-refractivity contribution in [2.75, 3.05) is 18.1 Å².